The Morgan fingerprint density at radius 2 is 1.90 bits per heavy atom. The quantitative estimate of drug-likeness (QED) is 0.276. The zero-order chi connectivity index (χ0) is 20.0. The molecule has 2 atom stereocenters. The second-order valence-electron chi connectivity index (χ2n) is 8.97. The number of likely N-dealkylation sites (tertiary alicyclic amines) is 1. The fourth-order valence-electron chi connectivity index (χ4n) is 5.01. The highest BCUT2D eigenvalue weighted by molar-refractivity contribution is 14.0. The highest BCUT2D eigenvalue weighted by Gasteiger charge is 2.59. The fraction of sp³-hybridized carbons (Fsp3) is 0.955. The number of hydrogen-bond donors (Lipinski definition) is 2. The number of rotatable bonds is 9. The van der Waals surface area contributed by atoms with E-state index in [0.29, 0.717) is 29.7 Å². The van der Waals surface area contributed by atoms with Gasteiger partial charge < -0.3 is 25.0 Å². The van der Waals surface area contributed by atoms with Gasteiger partial charge in [-0.2, -0.15) is 0 Å². The van der Waals surface area contributed by atoms with Crippen molar-refractivity contribution in [3.05, 3.63) is 0 Å². The van der Waals surface area contributed by atoms with Crippen molar-refractivity contribution < 1.29 is 9.47 Å². The summed E-state index contributed by atoms with van der Waals surface area (Å²) in [5, 5.41) is 7.49. The number of halogens is 1. The zero-order valence-electron chi connectivity index (χ0n) is 18.9. The maximum absolute atomic E-state index is 6.00. The second-order valence-corrected chi connectivity index (χ2v) is 8.97. The lowest BCUT2D eigenvalue weighted by molar-refractivity contribution is -0.168. The molecule has 170 valence electrons. The molecule has 0 aromatic carbocycles. The summed E-state index contributed by atoms with van der Waals surface area (Å²) in [6, 6.07) is 1.03. The van der Waals surface area contributed by atoms with Crippen LogP contribution in [0.4, 0.5) is 0 Å². The van der Waals surface area contributed by atoms with Gasteiger partial charge >= 0.3 is 0 Å². The van der Waals surface area contributed by atoms with Gasteiger partial charge in [0.1, 0.15) is 0 Å². The number of nitrogens with one attached hydrogen (secondary N) is 2. The molecule has 2 unspecified atom stereocenters. The average Bonchev–Trinajstić information content (AvgIpc) is 2.60. The van der Waals surface area contributed by atoms with Crippen LogP contribution in [0.25, 0.3) is 0 Å². The molecule has 0 bridgehead atoms. The molecule has 0 aromatic heterocycles. The predicted octanol–water partition coefficient (Wildman–Crippen LogP) is 3.40. The Hall–Kier alpha value is -0.120. The van der Waals surface area contributed by atoms with Gasteiger partial charge in [0.2, 0.25) is 0 Å². The van der Waals surface area contributed by atoms with Crippen molar-refractivity contribution in [2.45, 2.75) is 90.5 Å². The summed E-state index contributed by atoms with van der Waals surface area (Å²) in [7, 11) is 0. The molecule has 0 amide bonds. The van der Waals surface area contributed by atoms with Gasteiger partial charge in [0, 0.05) is 50.3 Å². The van der Waals surface area contributed by atoms with Crippen LogP contribution in [0.3, 0.4) is 0 Å². The summed E-state index contributed by atoms with van der Waals surface area (Å²) in [6.07, 6.45) is 8.17. The molecule has 2 N–H and O–H groups in total. The number of hydrogen-bond acceptors (Lipinski definition) is 4. The summed E-state index contributed by atoms with van der Waals surface area (Å²) in [5.74, 6) is 1.01. The Balaban J connectivity index is 0.00000300. The summed E-state index contributed by atoms with van der Waals surface area (Å²) in [6.45, 7) is 14.2. The first kappa shape index (κ1) is 25.1. The summed E-state index contributed by atoms with van der Waals surface area (Å²) < 4.78 is 11.7. The van der Waals surface area contributed by atoms with Crippen molar-refractivity contribution in [2.24, 2.45) is 10.4 Å². The Bertz CT molecular complexity index is 505. The third-order valence-corrected chi connectivity index (χ3v) is 6.85. The average molecular weight is 523 g/mol. The zero-order valence-corrected chi connectivity index (χ0v) is 21.2. The maximum atomic E-state index is 6.00. The smallest absolute Gasteiger partial charge is 0.191 e. The Labute approximate surface area is 195 Å². The number of nitrogens with zero attached hydrogens (tertiary/aromatic N) is 2. The summed E-state index contributed by atoms with van der Waals surface area (Å²) in [5.41, 5.74) is 0.367. The molecule has 1 spiro atoms. The van der Waals surface area contributed by atoms with Crippen molar-refractivity contribution in [1.29, 1.82) is 0 Å². The van der Waals surface area contributed by atoms with Crippen molar-refractivity contribution in [3.63, 3.8) is 0 Å². The van der Waals surface area contributed by atoms with Crippen molar-refractivity contribution in [3.8, 4) is 0 Å². The molecular formula is C22H43IN4O2. The normalized spacial score (nSPS) is 27.3. The van der Waals surface area contributed by atoms with E-state index in [-0.39, 0.29) is 24.0 Å². The van der Waals surface area contributed by atoms with E-state index in [1.807, 2.05) is 0 Å². The molecule has 1 aliphatic heterocycles. The molecule has 2 saturated carbocycles. The van der Waals surface area contributed by atoms with Gasteiger partial charge in [-0.3, -0.25) is 4.99 Å². The van der Waals surface area contributed by atoms with E-state index in [2.05, 4.69) is 43.2 Å². The highest BCUT2D eigenvalue weighted by atomic mass is 127. The maximum Gasteiger partial charge on any atom is 0.191 e. The highest BCUT2D eigenvalue weighted by Crippen LogP contribution is 2.57. The van der Waals surface area contributed by atoms with Gasteiger partial charge in [-0.25, -0.2) is 0 Å². The van der Waals surface area contributed by atoms with E-state index in [9.17, 15) is 0 Å². The van der Waals surface area contributed by atoms with E-state index < -0.39 is 0 Å². The topological polar surface area (TPSA) is 58.1 Å². The van der Waals surface area contributed by atoms with Gasteiger partial charge in [0.05, 0.1) is 18.8 Å². The fourth-order valence-corrected chi connectivity index (χ4v) is 5.01. The molecule has 6 nitrogen and oxygen atoms in total. The minimum atomic E-state index is 0. The Morgan fingerprint density at radius 1 is 1.17 bits per heavy atom. The molecule has 7 heteroatoms. The standard InChI is InChI=1S/C22H42N4O2.HI/c1-5-23-21(25-19-16-20(27-6-2)22(19)10-7-11-22)24-18-8-12-26(13-9-18)14-15-28-17(3)4;/h17-20H,5-16H2,1-4H3,(H2,23,24,25);1H. The lowest BCUT2D eigenvalue weighted by atomic mass is 9.51. The number of aliphatic imine (C=N–C) groups is 1. The van der Waals surface area contributed by atoms with Crippen molar-refractivity contribution in [1.82, 2.24) is 15.5 Å². The molecule has 1 saturated heterocycles. The van der Waals surface area contributed by atoms with Crippen molar-refractivity contribution >= 4 is 29.9 Å². The molecule has 0 aromatic rings. The first-order valence-electron chi connectivity index (χ1n) is 11.6. The lowest BCUT2D eigenvalue weighted by Gasteiger charge is -2.61. The van der Waals surface area contributed by atoms with E-state index in [4.69, 9.17) is 14.5 Å². The van der Waals surface area contributed by atoms with Gasteiger partial charge in [0.25, 0.3) is 0 Å². The molecule has 3 rings (SSSR count). The van der Waals surface area contributed by atoms with Gasteiger partial charge in [-0.05, 0) is 59.8 Å². The lowest BCUT2D eigenvalue weighted by Crippen LogP contribution is -2.69. The molecule has 3 aliphatic rings. The van der Waals surface area contributed by atoms with Crippen LogP contribution >= 0.6 is 24.0 Å². The molecule has 3 fully saturated rings. The van der Waals surface area contributed by atoms with Gasteiger partial charge in [0.15, 0.2) is 5.96 Å². The summed E-state index contributed by atoms with van der Waals surface area (Å²) in [4.78, 5) is 7.26. The molecule has 0 radical (unpaired) electrons. The van der Waals surface area contributed by atoms with Crippen LogP contribution in [0.5, 0.6) is 0 Å². The number of ether oxygens (including phenoxy) is 2. The number of piperidine rings is 1. The third-order valence-electron chi connectivity index (χ3n) is 6.85. The minimum Gasteiger partial charge on any atom is -0.378 e. The molecule has 29 heavy (non-hydrogen) atoms. The molecule has 1 heterocycles. The van der Waals surface area contributed by atoms with E-state index in [1.165, 1.54) is 32.1 Å². The van der Waals surface area contributed by atoms with E-state index in [1.54, 1.807) is 0 Å². The van der Waals surface area contributed by atoms with Crippen LogP contribution in [0.2, 0.25) is 0 Å². The molecule has 2 aliphatic carbocycles. The largest absolute Gasteiger partial charge is 0.378 e. The van der Waals surface area contributed by atoms with Gasteiger partial charge in [-0.1, -0.05) is 6.42 Å². The first-order valence-corrected chi connectivity index (χ1v) is 11.6. The van der Waals surface area contributed by atoms with Crippen molar-refractivity contribution in [2.75, 3.05) is 39.4 Å². The SMILES string of the molecule is CCN=C(NC1CCN(CCOC(C)C)CC1)NC1CC(OCC)C12CCC2.I. The number of guanidine groups is 1. The monoisotopic (exact) mass is 522 g/mol. The predicted molar refractivity (Wildman–Crippen MR) is 130 cm³/mol. The minimum absolute atomic E-state index is 0. The van der Waals surface area contributed by atoms with Gasteiger partial charge in [-0.15, -0.1) is 24.0 Å². The Kier molecular flexibility index (Phi) is 10.5. The van der Waals surface area contributed by atoms with E-state index >= 15 is 0 Å². The molecular weight excluding hydrogens is 479 g/mol. The van der Waals surface area contributed by atoms with E-state index in [0.717, 1.165) is 51.8 Å². The van der Waals surface area contributed by atoms with Crippen LogP contribution in [0, 0.1) is 5.41 Å². The van der Waals surface area contributed by atoms with Crippen LogP contribution in [-0.2, 0) is 9.47 Å². The third kappa shape index (κ3) is 6.43. The van der Waals surface area contributed by atoms with Crippen LogP contribution in [0.1, 0.15) is 66.2 Å². The first-order chi connectivity index (χ1) is 13.6. The summed E-state index contributed by atoms with van der Waals surface area (Å²) >= 11 is 0. The van der Waals surface area contributed by atoms with Crippen LogP contribution < -0.4 is 10.6 Å². The Morgan fingerprint density at radius 3 is 2.45 bits per heavy atom. The van der Waals surface area contributed by atoms with Crippen LogP contribution in [-0.4, -0.2) is 74.5 Å². The second kappa shape index (κ2) is 12.1. The van der Waals surface area contributed by atoms with Crippen LogP contribution in [0.15, 0.2) is 4.99 Å².